The first-order chi connectivity index (χ1) is 10.1. The standard InChI is InChI=1S/C14H18N4O2S/c1-3-18(11-12-7-4-5-9-16-12)21(19,20)13-8-6-10-17-14(13)15-2/h4-10H,3,11H2,1-2H3,(H,15,17). The Balaban J connectivity index is 2.36. The number of rotatable bonds is 6. The molecule has 6 nitrogen and oxygen atoms in total. The summed E-state index contributed by atoms with van der Waals surface area (Å²) >= 11 is 0. The van der Waals surface area contributed by atoms with Gasteiger partial charge in [-0.25, -0.2) is 13.4 Å². The van der Waals surface area contributed by atoms with E-state index in [1.807, 2.05) is 6.07 Å². The lowest BCUT2D eigenvalue weighted by Crippen LogP contribution is -2.31. The zero-order valence-corrected chi connectivity index (χ0v) is 12.8. The van der Waals surface area contributed by atoms with Crippen molar-refractivity contribution in [3.8, 4) is 0 Å². The fraction of sp³-hybridized carbons (Fsp3) is 0.286. The summed E-state index contributed by atoms with van der Waals surface area (Å²) in [6.07, 6.45) is 3.21. The molecule has 0 aliphatic carbocycles. The minimum atomic E-state index is -3.62. The largest absolute Gasteiger partial charge is 0.372 e. The Bertz CT molecular complexity index is 689. The quantitative estimate of drug-likeness (QED) is 0.879. The van der Waals surface area contributed by atoms with E-state index >= 15 is 0 Å². The zero-order chi connectivity index (χ0) is 15.3. The molecule has 2 aromatic rings. The topological polar surface area (TPSA) is 75.2 Å². The van der Waals surface area contributed by atoms with E-state index in [-0.39, 0.29) is 11.4 Å². The Morgan fingerprint density at radius 1 is 1.14 bits per heavy atom. The van der Waals surface area contributed by atoms with Crippen LogP contribution in [0, 0.1) is 0 Å². The molecule has 112 valence electrons. The molecule has 0 unspecified atom stereocenters. The van der Waals surface area contributed by atoms with Gasteiger partial charge in [-0.1, -0.05) is 13.0 Å². The lowest BCUT2D eigenvalue weighted by atomic mass is 10.3. The van der Waals surface area contributed by atoms with Gasteiger partial charge in [-0.15, -0.1) is 0 Å². The highest BCUT2D eigenvalue weighted by Gasteiger charge is 2.26. The third kappa shape index (κ3) is 3.37. The number of hydrogen-bond acceptors (Lipinski definition) is 5. The number of aromatic nitrogens is 2. The van der Waals surface area contributed by atoms with E-state index in [1.165, 1.54) is 4.31 Å². The van der Waals surface area contributed by atoms with Crippen molar-refractivity contribution >= 4 is 15.8 Å². The normalized spacial score (nSPS) is 11.6. The summed E-state index contributed by atoms with van der Waals surface area (Å²) in [6.45, 7) is 2.39. The first-order valence-corrected chi connectivity index (χ1v) is 8.06. The van der Waals surface area contributed by atoms with Crippen molar-refractivity contribution in [1.82, 2.24) is 14.3 Å². The molecule has 21 heavy (non-hydrogen) atoms. The molecule has 0 spiro atoms. The fourth-order valence-corrected chi connectivity index (χ4v) is 3.53. The van der Waals surface area contributed by atoms with Crippen LogP contribution in [-0.2, 0) is 16.6 Å². The minimum absolute atomic E-state index is 0.172. The fourth-order valence-electron chi connectivity index (χ4n) is 1.96. The van der Waals surface area contributed by atoms with Gasteiger partial charge in [-0.05, 0) is 24.3 Å². The molecule has 0 fully saturated rings. The van der Waals surface area contributed by atoms with Gasteiger partial charge in [0.1, 0.15) is 10.7 Å². The second-order valence-electron chi connectivity index (χ2n) is 4.35. The molecule has 0 bridgehead atoms. The van der Waals surface area contributed by atoms with Crippen LogP contribution < -0.4 is 5.32 Å². The van der Waals surface area contributed by atoms with Crippen LogP contribution in [0.25, 0.3) is 0 Å². The first kappa shape index (κ1) is 15.4. The average Bonchev–Trinajstić information content (AvgIpc) is 2.53. The van der Waals surface area contributed by atoms with E-state index in [4.69, 9.17) is 0 Å². The van der Waals surface area contributed by atoms with Crippen molar-refractivity contribution in [3.63, 3.8) is 0 Å². The molecule has 0 aliphatic heterocycles. The van der Waals surface area contributed by atoms with Crippen molar-refractivity contribution in [2.45, 2.75) is 18.4 Å². The van der Waals surface area contributed by atoms with Gasteiger partial charge in [0.2, 0.25) is 10.0 Å². The van der Waals surface area contributed by atoms with E-state index in [2.05, 4.69) is 15.3 Å². The predicted molar refractivity (Wildman–Crippen MR) is 81.3 cm³/mol. The molecule has 0 radical (unpaired) electrons. The third-order valence-electron chi connectivity index (χ3n) is 3.04. The van der Waals surface area contributed by atoms with Crippen LogP contribution in [0.1, 0.15) is 12.6 Å². The number of nitrogens with zero attached hydrogens (tertiary/aromatic N) is 3. The number of anilines is 1. The molecule has 0 aromatic carbocycles. The van der Waals surface area contributed by atoms with Gasteiger partial charge in [-0.2, -0.15) is 4.31 Å². The molecular formula is C14H18N4O2S. The van der Waals surface area contributed by atoms with Crippen molar-refractivity contribution < 1.29 is 8.42 Å². The molecule has 0 aliphatic rings. The highest BCUT2D eigenvalue weighted by molar-refractivity contribution is 7.89. The molecule has 0 atom stereocenters. The van der Waals surface area contributed by atoms with Gasteiger partial charge in [0, 0.05) is 26.0 Å². The summed E-state index contributed by atoms with van der Waals surface area (Å²) in [5.74, 6) is 0.344. The molecule has 1 N–H and O–H groups in total. The maximum Gasteiger partial charge on any atom is 0.247 e. The van der Waals surface area contributed by atoms with E-state index in [0.717, 1.165) is 0 Å². The van der Waals surface area contributed by atoms with Crippen LogP contribution in [0.15, 0.2) is 47.6 Å². The molecule has 7 heteroatoms. The predicted octanol–water partition coefficient (Wildman–Crippen LogP) is 1.73. The van der Waals surface area contributed by atoms with Gasteiger partial charge in [0.05, 0.1) is 12.2 Å². The second-order valence-corrected chi connectivity index (χ2v) is 6.26. The summed E-state index contributed by atoms with van der Waals surface area (Å²) in [7, 11) is -1.97. The summed E-state index contributed by atoms with van der Waals surface area (Å²) in [5.41, 5.74) is 0.706. The SMILES string of the molecule is CCN(Cc1ccccn1)S(=O)(=O)c1cccnc1NC. The van der Waals surface area contributed by atoms with Gasteiger partial charge >= 0.3 is 0 Å². The lowest BCUT2D eigenvalue weighted by Gasteiger charge is -2.21. The third-order valence-corrected chi connectivity index (χ3v) is 4.99. The maximum absolute atomic E-state index is 12.8. The zero-order valence-electron chi connectivity index (χ0n) is 12.0. The molecule has 0 saturated carbocycles. The van der Waals surface area contributed by atoms with Crippen LogP contribution in [0.2, 0.25) is 0 Å². The average molecular weight is 306 g/mol. The number of sulfonamides is 1. The van der Waals surface area contributed by atoms with Crippen LogP contribution in [0.4, 0.5) is 5.82 Å². The van der Waals surface area contributed by atoms with Gasteiger partial charge in [0.15, 0.2) is 0 Å². The lowest BCUT2D eigenvalue weighted by molar-refractivity contribution is 0.419. The van der Waals surface area contributed by atoms with Gasteiger partial charge in [-0.3, -0.25) is 4.98 Å². The van der Waals surface area contributed by atoms with Crippen molar-refractivity contribution in [3.05, 3.63) is 48.4 Å². The van der Waals surface area contributed by atoms with Gasteiger partial charge in [0.25, 0.3) is 0 Å². The molecular weight excluding hydrogens is 288 g/mol. The van der Waals surface area contributed by atoms with E-state index < -0.39 is 10.0 Å². The summed E-state index contributed by atoms with van der Waals surface area (Å²) < 4.78 is 26.9. The Morgan fingerprint density at radius 2 is 1.90 bits per heavy atom. The Kier molecular flexibility index (Phi) is 4.87. The highest BCUT2D eigenvalue weighted by Crippen LogP contribution is 2.23. The van der Waals surface area contributed by atoms with Crippen molar-refractivity contribution in [2.24, 2.45) is 0 Å². The van der Waals surface area contributed by atoms with E-state index in [1.54, 1.807) is 50.6 Å². The molecule has 2 aromatic heterocycles. The number of hydrogen-bond donors (Lipinski definition) is 1. The smallest absolute Gasteiger partial charge is 0.247 e. The summed E-state index contributed by atoms with van der Waals surface area (Å²) in [4.78, 5) is 8.41. The first-order valence-electron chi connectivity index (χ1n) is 6.62. The molecule has 2 rings (SSSR count). The van der Waals surface area contributed by atoms with Crippen molar-refractivity contribution in [1.29, 1.82) is 0 Å². The van der Waals surface area contributed by atoms with Gasteiger partial charge < -0.3 is 5.32 Å². The van der Waals surface area contributed by atoms with Crippen LogP contribution in [0.5, 0.6) is 0 Å². The molecule has 0 amide bonds. The Labute approximate surface area is 124 Å². The highest BCUT2D eigenvalue weighted by atomic mass is 32.2. The second kappa shape index (κ2) is 6.64. The minimum Gasteiger partial charge on any atom is -0.372 e. The van der Waals surface area contributed by atoms with Crippen molar-refractivity contribution in [2.75, 3.05) is 18.9 Å². The molecule has 2 heterocycles. The maximum atomic E-state index is 12.8. The summed E-state index contributed by atoms with van der Waals surface area (Å²) in [6, 6.07) is 8.61. The number of pyridine rings is 2. The summed E-state index contributed by atoms with van der Waals surface area (Å²) in [5, 5.41) is 2.81. The monoisotopic (exact) mass is 306 g/mol. The van der Waals surface area contributed by atoms with Crippen LogP contribution in [0.3, 0.4) is 0 Å². The molecule has 0 saturated heterocycles. The Morgan fingerprint density at radius 3 is 2.52 bits per heavy atom. The van der Waals surface area contributed by atoms with E-state index in [0.29, 0.717) is 18.1 Å². The number of nitrogens with one attached hydrogen (secondary N) is 1. The van der Waals surface area contributed by atoms with Crippen LogP contribution in [-0.4, -0.2) is 36.3 Å². The van der Waals surface area contributed by atoms with Crippen LogP contribution >= 0.6 is 0 Å². The van der Waals surface area contributed by atoms with E-state index in [9.17, 15) is 8.42 Å². The Hall–Kier alpha value is -1.99.